The van der Waals surface area contributed by atoms with Gasteiger partial charge in [0.25, 0.3) is 0 Å². The molecule has 5 unspecified atom stereocenters. The Morgan fingerprint density at radius 3 is 1.20 bits per heavy atom. The summed E-state index contributed by atoms with van der Waals surface area (Å²) in [5, 5.41) is 80.1. The van der Waals surface area contributed by atoms with Gasteiger partial charge in [-0.1, -0.05) is 53.7 Å². The van der Waals surface area contributed by atoms with Gasteiger partial charge in [0.2, 0.25) is 12.2 Å². The van der Waals surface area contributed by atoms with Gasteiger partial charge in [0.1, 0.15) is 40.7 Å². The van der Waals surface area contributed by atoms with E-state index in [9.17, 15) is 0 Å². The van der Waals surface area contributed by atoms with E-state index in [0.29, 0.717) is 93.5 Å². The first-order valence-corrected chi connectivity index (χ1v) is 47.0. The van der Waals surface area contributed by atoms with E-state index in [1.807, 2.05) is 115 Å². The van der Waals surface area contributed by atoms with Crippen LogP contribution in [0.4, 0.5) is 40.7 Å². The average Bonchev–Trinajstić information content (AvgIpc) is 1.67. The van der Waals surface area contributed by atoms with Gasteiger partial charge in [-0.05, 0) is 150 Å². The van der Waals surface area contributed by atoms with Crippen molar-refractivity contribution in [3.63, 3.8) is 0 Å². The number of anilines is 7. The maximum Gasteiger partial charge on any atom is 0.214 e. The number of hydrogen-bond donors (Lipinski definition) is 12. The van der Waals surface area contributed by atoms with Crippen LogP contribution < -0.4 is 71.6 Å². The quantitative estimate of drug-likeness (QED) is 0.0510. The van der Waals surface area contributed by atoms with Gasteiger partial charge in [0, 0.05) is 164 Å². The minimum Gasteiger partial charge on any atom is -0.384 e. The third-order valence-corrected chi connectivity index (χ3v) is 26.3. The maximum absolute atomic E-state index is 9.12. The molecule has 18 aromatic rings. The van der Waals surface area contributed by atoms with E-state index in [2.05, 4.69) is 101 Å². The Kier molecular flexibility index (Phi) is 27.0. The molecule has 0 spiro atoms. The molecule has 0 radical (unpaired) electrons. The highest BCUT2D eigenvalue weighted by atomic mass is 32.1. The summed E-state index contributed by atoms with van der Waals surface area (Å²) in [5.74, 6) is 6.81. The van der Waals surface area contributed by atoms with E-state index < -0.39 is 0 Å². The fraction of sp³-hybridized carbons (Fsp3) is 0.323. The number of aryl methyl sites for hydroxylation is 1. The summed E-state index contributed by atoms with van der Waals surface area (Å²) < 4.78 is 16.5. The highest BCUT2D eigenvalue weighted by Crippen LogP contribution is 2.37. The SMILES string of the molecule is Cn1cc(-c2cnn3c(N)cc(N4CC[C@H](N)C4)nc23)cn1.N#CCc1ccc(-c2cnn3c(N)cc(C4CCCNC4)nc23)cc1.N#Cc1ccc(-c2cnn3c(N)cc(C4CCCNC4)nc23)cc1.N#Cc1cccc(-c2cnn3c(N)cc(C4CCCNC4)nc23)c1.Nc1cc(C2CCCNC2)nc2c(-c3cscn3)cnn12.Nc1cc(C2CCCNC2)nc2c(-c3ncon3)cnn12. The molecule has 6 atom stereocenters. The van der Waals surface area contributed by atoms with Crippen LogP contribution in [0.15, 0.2) is 181 Å². The van der Waals surface area contributed by atoms with Gasteiger partial charge in [-0.3, -0.25) is 4.68 Å². The normalized spacial score (nSPS) is 18.2. The molecule has 6 aliphatic heterocycles. The Labute approximate surface area is 790 Å². The van der Waals surface area contributed by atoms with Crippen LogP contribution in [0.2, 0.25) is 0 Å². The molecule has 3 aromatic carbocycles. The summed E-state index contributed by atoms with van der Waals surface area (Å²) in [6.45, 7) is 11.7. The molecular weight excluding hydrogens is 1750 g/mol. The van der Waals surface area contributed by atoms with E-state index >= 15 is 0 Å². The lowest BCUT2D eigenvalue weighted by Gasteiger charge is -2.22. The first-order valence-electron chi connectivity index (χ1n) is 46.1. The monoisotopic (exact) mass is 1850 g/mol. The fourth-order valence-electron chi connectivity index (χ4n) is 18.4. The summed E-state index contributed by atoms with van der Waals surface area (Å²) in [6.07, 6.45) is 28.4. The van der Waals surface area contributed by atoms with Crippen LogP contribution in [0.3, 0.4) is 0 Å². The van der Waals surface area contributed by atoms with E-state index in [1.165, 1.54) is 12.8 Å². The number of thiazole rings is 1. The molecule has 41 heteroatoms. The zero-order valence-electron chi connectivity index (χ0n) is 75.6. The van der Waals surface area contributed by atoms with Gasteiger partial charge >= 0.3 is 0 Å². The van der Waals surface area contributed by atoms with E-state index in [1.54, 1.807) is 105 Å². The van der Waals surface area contributed by atoms with Crippen molar-refractivity contribution in [2.24, 2.45) is 12.8 Å². The van der Waals surface area contributed by atoms with Crippen LogP contribution in [0.1, 0.15) is 145 Å². The predicted octanol–water partition coefficient (Wildman–Crippen LogP) is 10.1. The summed E-state index contributed by atoms with van der Waals surface area (Å²) in [5.41, 5.74) is 66.8. The van der Waals surface area contributed by atoms with Crippen LogP contribution in [0, 0.1) is 34.0 Å². The largest absolute Gasteiger partial charge is 0.384 e. The van der Waals surface area contributed by atoms with E-state index in [4.69, 9.17) is 90.3 Å². The topological polar surface area (TPSA) is 568 Å². The number of rotatable bonds is 13. The van der Waals surface area contributed by atoms with Crippen LogP contribution in [-0.2, 0) is 13.5 Å². The molecule has 40 nitrogen and oxygen atoms in total. The van der Waals surface area contributed by atoms with Crippen molar-refractivity contribution in [3.05, 3.63) is 221 Å². The number of piperidine rings is 5. The summed E-state index contributed by atoms with van der Waals surface area (Å²) >= 11 is 1.57. The van der Waals surface area contributed by atoms with Crippen molar-refractivity contribution in [3.8, 4) is 85.4 Å². The van der Waals surface area contributed by atoms with Gasteiger partial charge in [0.05, 0.1) is 130 Å². The lowest BCUT2D eigenvalue weighted by molar-refractivity contribution is 0.419. The number of nitrogens with zero attached hydrogens (tertiary/aromatic N) is 27. The van der Waals surface area contributed by atoms with Gasteiger partial charge in [-0.15, -0.1) is 11.3 Å². The smallest absolute Gasteiger partial charge is 0.214 e. The minimum atomic E-state index is 0.196. The molecular formula is C96H105N39OS. The van der Waals surface area contributed by atoms with Gasteiger partial charge in [0.15, 0.2) is 33.9 Å². The summed E-state index contributed by atoms with van der Waals surface area (Å²) in [4.78, 5) is 39.5. The molecule has 24 rings (SSSR count). The van der Waals surface area contributed by atoms with Crippen molar-refractivity contribution in [1.29, 1.82) is 15.8 Å². The predicted molar refractivity (Wildman–Crippen MR) is 525 cm³/mol. The number of nitrogens with two attached hydrogens (primary N) is 7. The molecule has 19 N–H and O–H groups in total. The Morgan fingerprint density at radius 2 is 0.818 bits per heavy atom. The third-order valence-electron chi connectivity index (χ3n) is 25.7. The van der Waals surface area contributed by atoms with Gasteiger partial charge in [-0.25, -0.2) is 34.9 Å². The summed E-state index contributed by atoms with van der Waals surface area (Å²) in [7, 11) is 1.88. The second-order valence-electron chi connectivity index (χ2n) is 35.0. The third kappa shape index (κ3) is 19.8. The van der Waals surface area contributed by atoms with Crippen molar-refractivity contribution < 1.29 is 4.52 Å². The first-order chi connectivity index (χ1) is 67.0. The standard InChI is InChI=1S/C19H20N6.2C18H18N6.C14H18N8.C14H16N6S.C13H15N7O/c20-8-7-13-3-5-14(6-4-13)16-12-23-25-18(21)10-17(24-19(16)25)15-2-1-9-22-11-15;19-9-12-3-1-4-13(7-12)15-11-22-24-17(20)8-16(23-18(15)24)14-5-2-6-21-10-14;19-9-12-3-5-13(6-4-12)15-11-22-24-17(20)8-16(23-18(15)24)14-2-1-7-21-10-14;1-20-7-9(5-17-20)11-6-18-22-12(16)4-13(19-14(11)22)21-3-2-10(15)8-21;15-13-4-11(9-2-1-3-16-5-9)19-14-10(6-18-20(13)14)12-7-21-8-17-12;14-11-4-10(8-2-1-3-15-5-8)18-13-9(6-17-20(11)13)12-16-7-21-19-12/h3-6,10,12,15,22H,1-2,7,9,11,21H2;1,3-4,7-8,11,14,21H,2,5-6,10,20H2;3-6,8,11,14,21H,1-2,7,10,20H2;4-7,10H,2-3,8,15-16H2,1H3;4,6-9,16H,1-3,5,15H2;4,6-8,15H,1-3,5,14H2/t;;;10-;;/m...0../s1. The highest BCUT2D eigenvalue weighted by Gasteiger charge is 2.29. The van der Waals surface area contributed by atoms with Crippen LogP contribution in [0.25, 0.3) is 101 Å². The molecule has 6 fully saturated rings. The van der Waals surface area contributed by atoms with Crippen molar-refractivity contribution in [2.45, 2.75) is 113 Å². The number of nitriles is 3. The molecule has 6 aliphatic rings. The van der Waals surface area contributed by atoms with E-state index in [-0.39, 0.29) is 6.04 Å². The zero-order valence-corrected chi connectivity index (χ0v) is 76.4. The number of hydrogen-bond acceptors (Lipinski definition) is 34. The molecule has 696 valence electrons. The van der Waals surface area contributed by atoms with Crippen molar-refractivity contribution in [2.75, 3.05) is 118 Å². The number of benzene rings is 3. The zero-order chi connectivity index (χ0) is 94.0. The Hall–Kier alpha value is -15.8. The minimum absolute atomic E-state index is 0.196. The number of nitrogens with one attached hydrogen (secondary N) is 5. The van der Waals surface area contributed by atoms with Gasteiger partial charge in [-0.2, -0.15) is 83.6 Å². The number of nitrogen functional groups attached to an aromatic ring is 6. The molecule has 6 saturated heterocycles. The second-order valence-corrected chi connectivity index (χ2v) is 35.7. The van der Waals surface area contributed by atoms with Crippen LogP contribution in [-0.4, -0.2) is 197 Å². The number of aromatic nitrogens is 23. The lowest BCUT2D eigenvalue weighted by atomic mass is 9.96. The first kappa shape index (κ1) is 90.4. The molecule has 137 heavy (non-hydrogen) atoms. The molecule has 21 heterocycles. The Morgan fingerprint density at radius 1 is 0.416 bits per heavy atom. The fourth-order valence-corrected chi connectivity index (χ4v) is 19.0. The highest BCUT2D eigenvalue weighted by molar-refractivity contribution is 7.07. The molecule has 0 aliphatic carbocycles. The molecule has 15 aromatic heterocycles. The van der Waals surface area contributed by atoms with Crippen LogP contribution >= 0.6 is 11.3 Å². The lowest BCUT2D eigenvalue weighted by Crippen LogP contribution is -2.29. The Bertz CT molecular complexity index is 7250. The summed E-state index contributed by atoms with van der Waals surface area (Å²) in [6, 6.07) is 41.0. The molecule has 0 amide bonds. The number of fused-ring (bicyclic) bond motifs is 6. The van der Waals surface area contributed by atoms with Crippen molar-refractivity contribution in [1.82, 2.24) is 139 Å². The second kappa shape index (κ2) is 41.0. The Balaban J connectivity index is 0.000000105. The van der Waals surface area contributed by atoms with Gasteiger partial charge < -0.3 is 76.1 Å². The maximum atomic E-state index is 9.12. The molecule has 0 saturated carbocycles. The molecule has 0 bridgehead atoms. The van der Waals surface area contributed by atoms with Crippen LogP contribution in [0.5, 0.6) is 0 Å². The van der Waals surface area contributed by atoms with E-state index in [0.717, 1.165) is 272 Å². The average molecular weight is 1850 g/mol. The van der Waals surface area contributed by atoms with Crippen molar-refractivity contribution >= 4 is 85.9 Å².